The van der Waals surface area contributed by atoms with Crippen LogP contribution in [0.25, 0.3) is 11.4 Å². The first kappa shape index (κ1) is 21.6. The van der Waals surface area contributed by atoms with Crippen LogP contribution >= 0.6 is 0 Å². The van der Waals surface area contributed by atoms with E-state index in [2.05, 4.69) is 9.97 Å². The normalized spacial score (nSPS) is 13.6. The summed E-state index contributed by atoms with van der Waals surface area (Å²) >= 11 is 0. The zero-order valence-electron chi connectivity index (χ0n) is 17.7. The van der Waals surface area contributed by atoms with E-state index < -0.39 is 11.9 Å². The number of likely N-dealkylation sites (N-methyl/N-ethyl adjacent to an activating group) is 1. The maximum absolute atomic E-state index is 13.8. The number of halogens is 1. The van der Waals surface area contributed by atoms with E-state index in [4.69, 9.17) is 10.00 Å². The first-order valence-corrected chi connectivity index (χ1v) is 10.0. The number of hydrogen-bond donors (Lipinski definition) is 1. The van der Waals surface area contributed by atoms with E-state index in [1.807, 2.05) is 18.9 Å². The van der Waals surface area contributed by atoms with Gasteiger partial charge in [-0.15, -0.1) is 0 Å². The van der Waals surface area contributed by atoms with Gasteiger partial charge in [-0.1, -0.05) is 6.07 Å². The molecule has 0 saturated heterocycles. The molecule has 0 saturated carbocycles. The fourth-order valence-corrected chi connectivity index (χ4v) is 3.83. The van der Waals surface area contributed by atoms with Gasteiger partial charge in [0, 0.05) is 42.2 Å². The number of nitrogens with zero attached hydrogens (tertiary/aromatic N) is 4. The number of benzene rings is 2. The van der Waals surface area contributed by atoms with Crippen LogP contribution in [0, 0.1) is 24.1 Å². The second-order valence-electron chi connectivity index (χ2n) is 7.82. The number of fused-ring (bicyclic) bond motifs is 1. The fraction of sp³-hybridized carbons (Fsp3) is 0.250. The Morgan fingerprint density at radius 1 is 1.28 bits per heavy atom. The molecule has 2 heterocycles. The van der Waals surface area contributed by atoms with Crippen molar-refractivity contribution < 1.29 is 19.0 Å². The van der Waals surface area contributed by atoms with Gasteiger partial charge in [0.05, 0.1) is 17.2 Å². The number of hydrogen-bond acceptors (Lipinski definition) is 7. The predicted octanol–water partition coefficient (Wildman–Crippen LogP) is 3.30. The first-order chi connectivity index (χ1) is 15.4. The average Bonchev–Trinajstić information content (AvgIpc) is 3.16. The van der Waals surface area contributed by atoms with Gasteiger partial charge in [0.1, 0.15) is 18.5 Å². The standard InChI is InChI=1S/C24H21FN4O3/c1-14-18(5-6-19-20(14)13-32-24(19)31)22(30)12-29(2)11-15-9-27-23(28-10-15)16-3-4-17(8-26)21(25)7-16/h3-7,9-10,22,30H,11-13H2,1-2H3. The Balaban J connectivity index is 1.41. The molecule has 1 N–H and O–H groups in total. The van der Waals surface area contributed by atoms with E-state index >= 15 is 0 Å². The van der Waals surface area contributed by atoms with Crippen molar-refractivity contribution in [1.82, 2.24) is 14.9 Å². The van der Waals surface area contributed by atoms with Crippen molar-refractivity contribution in [2.75, 3.05) is 13.6 Å². The SMILES string of the molecule is Cc1c(C(O)CN(C)Cc2cnc(-c3ccc(C#N)c(F)c3)nc2)ccc2c1COC2=O. The molecule has 0 spiro atoms. The Morgan fingerprint density at radius 2 is 2.03 bits per heavy atom. The highest BCUT2D eigenvalue weighted by Crippen LogP contribution is 2.29. The van der Waals surface area contributed by atoms with Crippen LogP contribution in [0.4, 0.5) is 4.39 Å². The lowest BCUT2D eigenvalue weighted by Crippen LogP contribution is -2.25. The van der Waals surface area contributed by atoms with Crippen LogP contribution in [0.15, 0.2) is 42.7 Å². The van der Waals surface area contributed by atoms with E-state index in [0.29, 0.717) is 30.0 Å². The number of cyclic esters (lactones) is 1. The van der Waals surface area contributed by atoms with Gasteiger partial charge in [-0.2, -0.15) is 5.26 Å². The van der Waals surface area contributed by atoms with Gasteiger partial charge in [0.2, 0.25) is 0 Å². The number of rotatable bonds is 6. The van der Waals surface area contributed by atoms with Gasteiger partial charge in [-0.3, -0.25) is 4.90 Å². The van der Waals surface area contributed by atoms with Gasteiger partial charge in [-0.05, 0) is 49.4 Å². The number of nitriles is 1. The highest BCUT2D eigenvalue weighted by molar-refractivity contribution is 5.93. The van der Waals surface area contributed by atoms with Gasteiger partial charge < -0.3 is 9.84 Å². The average molecular weight is 432 g/mol. The number of aliphatic hydroxyl groups excluding tert-OH is 1. The minimum atomic E-state index is -0.734. The molecule has 3 aromatic rings. The van der Waals surface area contributed by atoms with E-state index in [1.165, 1.54) is 12.1 Å². The topological polar surface area (TPSA) is 99.3 Å². The summed E-state index contributed by atoms with van der Waals surface area (Å²) in [6.45, 7) is 3.00. The summed E-state index contributed by atoms with van der Waals surface area (Å²) in [5.41, 5.74) is 4.33. The Labute approximate surface area is 184 Å². The molecule has 1 atom stereocenters. The number of carbonyl (C=O) groups excluding carboxylic acids is 1. The van der Waals surface area contributed by atoms with Gasteiger partial charge >= 0.3 is 5.97 Å². The van der Waals surface area contributed by atoms with Gasteiger partial charge in [0.25, 0.3) is 0 Å². The Kier molecular flexibility index (Phi) is 5.95. The van der Waals surface area contributed by atoms with Gasteiger partial charge in [0.15, 0.2) is 5.82 Å². The van der Waals surface area contributed by atoms with Crippen LogP contribution < -0.4 is 0 Å². The lowest BCUT2D eigenvalue weighted by Gasteiger charge is -2.22. The molecule has 0 amide bonds. The van der Waals surface area contributed by atoms with Crippen LogP contribution in [0.3, 0.4) is 0 Å². The smallest absolute Gasteiger partial charge is 0.338 e. The molecular formula is C24H21FN4O3. The molecule has 32 heavy (non-hydrogen) atoms. The molecule has 0 radical (unpaired) electrons. The fourth-order valence-electron chi connectivity index (χ4n) is 3.83. The molecule has 8 heteroatoms. The third kappa shape index (κ3) is 4.21. The predicted molar refractivity (Wildman–Crippen MR) is 114 cm³/mol. The molecule has 7 nitrogen and oxygen atoms in total. The Hall–Kier alpha value is -3.67. The van der Waals surface area contributed by atoms with E-state index in [-0.39, 0.29) is 18.1 Å². The van der Waals surface area contributed by atoms with Crippen molar-refractivity contribution in [1.29, 1.82) is 5.26 Å². The first-order valence-electron chi connectivity index (χ1n) is 10.0. The van der Waals surface area contributed by atoms with Crippen molar-refractivity contribution in [3.63, 3.8) is 0 Å². The lowest BCUT2D eigenvalue weighted by molar-refractivity contribution is 0.0535. The van der Waals surface area contributed by atoms with E-state index in [9.17, 15) is 14.3 Å². The highest BCUT2D eigenvalue weighted by Gasteiger charge is 2.26. The zero-order valence-corrected chi connectivity index (χ0v) is 17.7. The molecule has 1 aliphatic rings. The van der Waals surface area contributed by atoms with Crippen LogP contribution in [-0.4, -0.2) is 39.5 Å². The Bertz CT molecular complexity index is 1220. The van der Waals surface area contributed by atoms with Crippen molar-refractivity contribution >= 4 is 5.97 Å². The summed E-state index contributed by atoms with van der Waals surface area (Å²) in [6, 6.07) is 9.52. The van der Waals surface area contributed by atoms with Crippen LogP contribution in [0.5, 0.6) is 0 Å². The van der Waals surface area contributed by atoms with E-state index in [0.717, 1.165) is 22.3 Å². The number of carbonyl (C=O) groups is 1. The molecule has 1 unspecified atom stereocenters. The number of esters is 1. The largest absolute Gasteiger partial charge is 0.457 e. The maximum Gasteiger partial charge on any atom is 0.338 e. The zero-order chi connectivity index (χ0) is 22.8. The minimum Gasteiger partial charge on any atom is -0.457 e. The summed E-state index contributed by atoms with van der Waals surface area (Å²) in [5, 5.41) is 19.6. The molecule has 162 valence electrons. The van der Waals surface area contributed by atoms with Gasteiger partial charge in [-0.25, -0.2) is 19.2 Å². The maximum atomic E-state index is 13.8. The second-order valence-corrected chi connectivity index (χ2v) is 7.82. The quantitative estimate of drug-likeness (QED) is 0.597. The third-order valence-corrected chi connectivity index (χ3v) is 5.56. The number of aromatic nitrogens is 2. The van der Waals surface area contributed by atoms with Crippen LogP contribution in [-0.2, 0) is 17.9 Å². The highest BCUT2D eigenvalue weighted by atomic mass is 19.1. The van der Waals surface area contributed by atoms with Crippen molar-refractivity contribution in [2.24, 2.45) is 0 Å². The third-order valence-electron chi connectivity index (χ3n) is 5.56. The second kappa shape index (κ2) is 8.83. The summed E-state index contributed by atoms with van der Waals surface area (Å²) in [6.07, 6.45) is 2.58. The summed E-state index contributed by atoms with van der Waals surface area (Å²) in [5.74, 6) is -0.567. The summed E-state index contributed by atoms with van der Waals surface area (Å²) in [7, 11) is 1.88. The number of ether oxygens (including phenoxy) is 1. The molecule has 0 bridgehead atoms. The minimum absolute atomic E-state index is 0.0247. The molecular weight excluding hydrogens is 411 g/mol. The lowest BCUT2D eigenvalue weighted by atomic mass is 9.95. The molecule has 0 aliphatic carbocycles. The van der Waals surface area contributed by atoms with Crippen LogP contribution in [0.1, 0.15) is 44.3 Å². The van der Waals surface area contributed by atoms with E-state index in [1.54, 1.807) is 36.7 Å². The van der Waals surface area contributed by atoms with Crippen molar-refractivity contribution in [2.45, 2.75) is 26.2 Å². The molecule has 2 aromatic carbocycles. The summed E-state index contributed by atoms with van der Waals surface area (Å²) in [4.78, 5) is 22.2. The molecule has 4 rings (SSSR count). The number of aliphatic hydroxyl groups is 1. The molecule has 0 fully saturated rings. The monoisotopic (exact) mass is 432 g/mol. The van der Waals surface area contributed by atoms with Crippen molar-refractivity contribution in [3.8, 4) is 17.5 Å². The van der Waals surface area contributed by atoms with Crippen molar-refractivity contribution in [3.05, 3.63) is 81.9 Å². The Morgan fingerprint density at radius 3 is 2.72 bits per heavy atom. The van der Waals surface area contributed by atoms with Crippen LogP contribution in [0.2, 0.25) is 0 Å². The molecule has 1 aromatic heterocycles. The molecule has 1 aliphatic heterocycles. The summed E-state index contributed by atoms with van der Waals surface area (Å²) < 4.78 is 18.9.